The lowest BCUT2D eigenvalue weighted by atomic mass is 10.0. The second kappa shape index (κ2) is 7.43. The second-order valence-electron chi connectivity index (χ2n) is 6.68. The average Bonchev–Trinajstić information content (AvgIpc) is 3.05. The van der Waals surface area contributed by atoms with Crippen molar-refractivity contribution in [3.8, 4) is 11.3 Å². The van der Waals surface area contributed by atoms with Crippen LogP contribution in [0, 0.1) is 0 Å². The Kier molecular flexibility index (Phi) is 5.02. The number of benzene rings is 2. The summed E-state index contributed by atoms with van der Waals surface area (Å²) in [5, 5.41) is 9.69. The number of hydrogen-bond donors (Lipinski definition) is 1. The van der Waals surface area contributed by atoms with Gasteiger partial charge in [-0.3, -0.25) is 4.68 Å². The van der Waals surface area contributed by atoms with Crippen LogP contribution in [-0.4, -0.2) is 41.4 Å². The highest BCUT2D eigenvalue weighted by Crippen LogP contribution is 2.48. The van der Waals surface area contributed by atoms with E-state index in [0.717, 1.165) is 38.4 Å². The molecule has 0 bridgehead atoms. The maximum absolute atomic E-state index is 5.06. The molecular formula is C21H26N4S. The third kappa shape index (κ3) is 2.94. The number of hydrogen-bond acceptors (Lipinski definition) is 4. The van der Waals surface area contributed by atoms with Crippen LogP contribution in [-0.2, 0) is 13.1 Å². The molecular weight excluding hydrogens is 340 g/mol. The van der Waals surface area contributed by atoms with Gasteiger partial charge in [0.25, 0.3) is 0 Å². The van der Waals surface area contributed by atoms with Gasteiger partial charge >= 0.3 is 0 Å². The van der Waals surface area contributed by atoms with E-state index in [2.05, 4.69) is 65.1 Å². The van der Waals surface area contributed by atoms with Gasteiger partial charge in [0.15, 0.2) is 0 Å². The molecule has 0 atom stereocenters. The summed E-state index contributed by atoms with van der Waals surface area (Å²) < 4.78 is 2.21. The van der Waals surface area contributed by atoms with Crippen LogP contribution in [0.3, 0.4) is 0 Å². The van der Waals surface area contributed by atoms with Crippen LogP contribution in [0.1, 0.15) is 19.4 Å². The number of likely N-dealkylation sites (N-methyl/N-ethyl adjacent to an activating group) is 1. The Morgan fingerprint density at radius 1 is 1.12 bits per heavy atom. The van der Waals surface area contributed by atoms with Gasteiger partial charge in [-0.1, -0.05) is 49.9 Å². The Morgan fingerprint density at radius 2 is 1.92 bits per heavy atom. The highest BCUT2D eigenvalue weighted by atomic mass is 32.2. The molecule has 0 amide bonds. The fourth-order valence-electron chi connectivity index (χ4n) is 3.73. The van der Waals surface area contributed by atoms with E-state index in [1.807, 2.05) is 18.8 Å². The molecule has 0 saturated carbocycles. The van der Waals surface area contributed by atoms with Crippen molar-refractivity contribution in [2.45, 2.75) is 36.7 Å². The maximum Gasteiger partial charge on any atom is 0.102 e. The van der Waals surface area contributed by atoms with Crippen LogP contribution in [0.4, 0.5) is 0 Å². The van der Waals surface area contributed by atoms with E-state index in [0.29, 0.717) is 0 Å². The summed E-state index contributed by atoms with van der Waals surface area (Å²) in [5.41, 5.74) is 5.01. The first kappa shape index (κ1) is 17.6. The highest BCUT2D eigenvalue weighted by Gasteiger charge is 2.25. The molecule has 1 N–H and O–H groups in total. The summed E-state index contributed by atoms with van der Waals surface area (Å²) in [6.45, 7) is 9.45. The standard InChI is InChI=1S/C21H26N4S/c1-4-24(5-2)12-13-25-17-11-10-15(14-22-3)21-19(17)20(23-25)16-8-6-7-9-18(16)26-21/h6-11,22H,4-5,12-14H2,1-3H3. The number of nitrogens with one attached hydrogen (secondary N) is 1. The minimum atomic E-state index is 0.879. The largest absolute Gasteiger partial charge is 0.316 e. The van der Waals surface area contributed by atoms with E-state index in [-0.39, 0.29) is 0 Å². The fourth-order valence-corrected chi connectivity index (χ4v) is 4.94. The molecule has 1 aliphatic heterocycles. The Bertz CT molecular complexity index is 927. The normalized spacial score (nSPS) is 12.8. The summed E-state index contributed by atoms with van der Waals surface area (Å²) in [4.78, 5) is 5.12. The Hall–Kier alpha value is -1.82. The molecule has 136 valence electrons. The van der Waals surface area contributed by atoms with Crippen molar-refractivity contribution in [1.82, 2.24) is 20.0 Å². The van der Waals surface area contributed by atoms with Crippen molar-refractivity contribution < 1.29 is 0 Å². The van der Waals surface area contributed by atoms with Gasteiger partial charge in [0.1, 0.15) is 5.69 Å². The van der Waals surface area contributed by atoms with Gasteiger partial charge in [-0.05, 0) is 37.8 Å². The molecule has 0 radical (unpaired) electrons. The average molecular weight is 367 g/mol. The minimum absolute atomic E-state index is 0.879. The quantitative estimate of drug-likeness (QED) is 0.531. The number of aromatic nitrogens is 2. The molecule has 2 heterocycles. The van der Waals surface area contributed by atoms with Crippen molar-refractivity contribution in [2.24, 2.45) is 0 Å². The molecule has 1 aromatic heterocycles. The van der Waals surface area contributed by atoms with E-state index >= 15 is 0 Å². The first-order valence-corrected chi connectivity index (χ1v) is 10.2. The SMILES string of the molecule is CCN(CC)CCn1nc2c3c(c(CNC)ccc31)Sc1ccccc1-2. The van der Waals surface area contributed by atoms with Gasteiger partial charge in [0, 0.05) is 33.8 Å². The monoisotopic (exact) mass is 366 g/mol. The van der Waals surface area contributed by atoms with Gasteiger partial charge in [-0.2, -0.15) is 5.10 Å². The van der Waals surface area contributed by atoms with Crippen LogP contribution >= 0.6 is 11.8 Å². The molecule has 0 fully saturated rings. The molecule has 0 spiro atoms. The zero-order valence-electron chi connectivity index (χ0n) is 15.7. The number of nitrogens with zero attached hydrogens (tertiary/aromatic N) is 3. The minimum Gasteiger partial charge on any atom is -0.316 e. The molecule has 0 saturated heterocycles. The number of rotatable bonds is 7. The molecule has 0 aliphatic carbocycles. The topological polar surface area (TPSA) is 33.1 Å². The van der Waals surface area contributed by atoms with Crippen LogP contribution in [0.15, 0.2) is 46.2 Å². The van der Waals surface area contributed by atoms with Gasteiger partial charge in [0.2, 0.25) is 0 Å². The fraction of sp³-hybridized carbons (Fsp3) is 0.381. The van der Waals surface area contributed by atoms with Gasteiger partial charge in [-0.15, -0.1) is 0 Å². The zero-order valence-corrected chi connectivity index (χ0v) is 16.6. The molecule has 4 nitrogen and oxygen atoms in total. The summed E-state index contributed by atoms with van der Waals surface area (Å²) in [6.07, 6.45) is 0. The van der Waals surface area contributed by atoms with Crippen molar-refractivity contribution >= 4 is 22.7 Å². The van der Waals surface area contributed by atoms with E-state index in [9.17, 15) is 0 Å². The summed E-state index contributed by atoms with van der Waals surface area (Å²) in [7, 11) is 2.01. The van der Waals surface area contributed by atoms with E-state index < -0.39 is 0 Å². The lowest BCUT2D eigenvalue weighted by Crippen LogP contribution is -2.27. The van der Waals surface area contributed by atoms with Crippen molar-refractivity contribution in [1.29, 1.82) is 0 Å². The summed E-state index contributed by atoms with van der Waals surface area (Å²) in [6, 6.07) is 13.1. The number of fused-ring (bicyclic) bond motifs is 2. The first-order chi connectivity index (χ1) is 12.8. The van der Waals surface area contributed by atoms with E-state index in [1.165, 1.54) is 31.8 Å². The molecule has 4 rings (SSSR count). The van der Waals surface area contributed by atoms with E-state index in [4.69, 9.17) is 5.10 Å². The third-order valence-corrected chi connectivity index (χ3v) is 6.44. The van der Waals surface area contributed by atoms with Crippen LogP contribution < -0.4 is 5.32 Å². The summed E-state index contributed by atoms with van der Waals surface area (Å²) >= 11 is 1.88. The molecule has 2 aromatic carbocycles. The second-order valence-corrected chi connectivity index (χ2v) is 7.73. The zero-order chi connectivity index (χ0) is 18.1. The molecule has 5 heteroatoms. The molecule has 1 aliphatic rings. The molecule has 0 unspecified atom stereocenters. The van der Waals surface area contributed by atoms with Crippen molar-refractivity contribution in [2.75, 3.05) is 26.7 Å². The van der Waals surface area contributed by atoms with Gasteiger partial charge < -0.3 is 10.2 Å². The van der Waals surface area contributed by atoms with Crippen molar-refractivity contribution in [3.63, 3.8) is 0 Å². The van der Waals surface area contributed by atoms with Gasteiger partial charge in [-0.25, -0.2) is 0 Å². The van der Waals surface area contributed by atoms with Crippen molar-refractivity contribution in [3.05, 3.63) is 42.0 Å². The van der Waals surface area contributed by atoms with E-state index in [1.54, 1.807) is 0 Å². The smallest absolute Gasteiger partial charge is 0.102 e. The maximum atomic E-state index is 5.06. The van der Waals surface area contributed by atoms with Gasteiger partial charge in [0.05, 0.1) is 12.1 Å². The Balaban J connectivity index is 1.84. The lowest BCUT2D eigenvalue weighted by molar-refractivity contribution is 0.287. The molecule has 3 aromatic rings. The predicted octanol–water partition coefficient (Wildman–Crippen LogP) is 4.23. The van der Waals surface area contributed by atoms with Crippen LogP contribution in [0.25, 0.3) is 22.2 Å². The van der Waals surface area contributed by atoms with Crippen LogP contribution in [0.2, 0.25) is 0 Å². The first-order valence-electron chi connectivity index (χ1n) is 9.43. The third-order valence-electron chi connectivity index (χ3n) is 5.20. The Morgan fingerprint density at radius 3 is 2.69 bits per heavy atom. The Labute approximate surface area is 159 Å². The highest BCUT2D eigenvalue weighted by molar-refractivity contribution is 7.99. The lowest BCUT2D eigenvalue weighted by Gasteiger charge is -2.18. The molecule has 26 heavy (non-hydrogen) atoms. The summed E-state index contributed by atoms with van der Waals surface area (Å²) in [5.74, 6) is 0. The predicted molar refractivity (Wildman–Crippen MR) is 110 cm³/mol. The van der Waals surface area contributed by atoms with Crippen LogP contribution in [0.5, 0.6) is 0 Å².